The van der Waals surface area contributed by atoms with Crippen LogP contribution in [0.3, 0.4) is 0 Å². The van der Waals surface area contributed by atoms with E-state index in [0.717, 1.165) is 0 Å². The molecule has 136 valence electrons. The Bertz CT molecular complexity index is 437. The minimum atomic E-state index is -1.32. The third kappa shape index (κ3) is 5.36. The lowest BCUT2D eigenvalue weighted by Crippen LogP contribution is -2.46. The molecule has 0 amide bonds. The molecule has 0 aromatic heterocycles. The van der Waals surface area contributed by atoms with E-state index in [1.165, 1.54) is 18.2 Å². The highest BCUT2D eigenvalue weighted by atomic mass is 16.6. The van der Waals surface area contributed by atoms with Crippen molar-refractivity contribution in [1.82, 2.24) is 0 Å². The minimum absolute atomic E-state index is 0.200. The lowest BCUT2D eigenvalue weighted by atomic mass is 9.94. The molecule has 0 rings (SSSR count). The van der Waals surface area contributed by atoms with Gasteiger partial charge in [-0.1, -0.05) is 47.4 Å². The summed E-state index contributed by atoms with van der Waals surface area (Å²) in [5.74, 6) is -1.11. The fourth-order valence-corrected chi connectivity index (χ4v) is 2.50. The Kier molecular flexibility index (Phi) is 10.0. The van der Waals surface area contributed by atoms with Crippen molar-refractivity contribution in [2.24, 2.45) is 11.8 Å². The van der Waals surface area contributed by atoms with Crippen molar-refractivity contribution in [1.29, 1.82) is 0 Å². The van der Waals surface area contributed by atoms with Crippen molar-refractivity contribution in [2.75, 3.05) is 0 Å². The zero-order chi connectivity index (χ0) is 18.8. The molecule has 4 nitrogen and oxygen atoms in total. The molecule has 0 spiro atoms. The first kappa shape index (κ1) is 22.2. The molecule has 0 aliphatic heterocycles. The first-order valence-electron chi connectivity index (χ1n) is 8.72. The Morgan fingerprint density at radius 1 is 0.875 bits per heavy atom. The molecule has 0 aromatic carbocycles. The fraction of sp³-hybridized carbons (Fsp3) is 0.600. The van der Waals surface area contributed by atoms with E-state index >= 15 is 0 Å². The summed E-state index contributed by atoms with van der Waals surface area (Å²) < 4.78 is 11.2. The third-order valence-electron chi connectivity index (χ3n) is 4.46. The van der Waals surface area contributed by atoms with E-state index in [0.29, 0.717) is 25.7 Å². The Labute approximate surface area is 146 Å². The molecular weight excluding hydrogens is 304 g/mol. The van der Waals surface area contributed by atoms with Gasteiger partial charge in [-0.3, -0.25) is 9.59 Å². The standard InChI is InChI=1S/C20H32O4/c1-8-15(9-2)18(21)23-17(12-5)20(13-6,14-7)24-19(22)16(10-3)11-4/h12-17H,5-11H2,1-4H3. The van der Waals surface area contributed by atoms with Crippen LogP contribution in [0.2, 0.25) is 0 Å². The molecule has 0 saturated heterocycles. The predicted molar refractivity (Wildman–Crippen MR) is 97.4 cm³/mol. The van der Waals surface area contributed by atoms with Gasteiger partial charge in [-0.25, -0.2) is 0 Å². The second kappa shape index (κ2) is 10.8. The van der Waals surface area contributed by atoms with Crippen LogP contribution in [0.1, 0.15) is 53.4 Å². The zero-order valence-corrected chi connectivity index (χ0v) is 15.5. The molecule has 0 radical (unpaired) electrons. The quantitative estimate of drug-likeness (QED) is 0.386. The van der Waals surface area contributed by atoms with Crippen LogP contribution < -0.4 is 0 Å². The van der Waals surface area contributed by atoms with Gasteiger partial charge in [0.05, 0.1) is 11.8 Å². The van der Waals surface area contributed by atoms with Crippen molar-refractivity contribution in [3.63, 3.8) is 0 Å². The summed E-state index contributed by atoms with van der Waals surface area (Å²) in [4.78, 5) is 24.7. The maximum atomic E-state index is 12.4. The average Bonchev–Trinajstić information content (AvgIpc) is 2.59. The van der Waals surface area contributed by atoms with Gasteiger partial charge in [-0.05, 0) is 43.9 Å². The van der Waals surface area contributed by atoms with Crippen LogP contribution in [0, 0.1) is 11.8 Å². The molecule has 0 aliphatic rings. The van der Waals surface area contributed by atoms with Crippen molar-refractivity contribution in [3.8, 4) is 0 Å². The third-order valence-corrected chi connectivity index (χ3v) is 4.46. The highest BCUT2D eigenvalue weighted by Crippen LogP contribution is 2.27. The largest absolute Gasteiger partial charge is 0.453 e. The van der Waals surface area contributed by atoms with Crippen LogP contribution >= 0.6 is 0 Å². The number of esters is 2. The van der Waals surface area contributed by atoms with Gasteiger partial charge in [-0.2, -0.15) is 0 Å². The lowest BCUT2D eigenvalue weighted by molar-refractivity contribution is -0.174. The van der Waals surface area contributed by atoms with Gasteiger partial charge in [0.2, 0.25) is 0 Å². The fourth-order valence-electron chi connectivity index (χ4n) is 2.50. The maximum Gasteiger partial charge on any atom is 0.310 e. The summed E-state index contributed by atoms with van der Waals surface area (Å²) in [7, 11) is 0. The Balaban J connectivity index is 5.45. The van der Waals surface area contributed by atoms with Crippen LogP contribution in [0.25, 0.3) is 0 Å². The number of carbonyl (C=O) groups excluding carboxylic acids is 2. The van der Waals surface area contributed by atoms with Gasteiger partial charge < -0.3 is 9.47 Å². The van der Waals surface area contributed by atoms with Gasteiger partial charge in [0.15, 0.2) is 11.7 Å². The predicted octanol–water partition coefficient (Wildman–Crippen LogP) is 4.61. The summed E-state index contributed by atoms with van der Waals surface area (Å²) in [5, 5.41) is 0. The van der Waals surface area contributed by atoms with Crippen molar-refractivity contribution in [2.45, 2.75) is 65.1 Å². The molecule has 4 heteroatoms. The first-order valence-corrected chi connectivity index (χ1v) is 8.72. The molecule has 0 aromatic rings. The molecule has 1 unspecified atom stereocenters. The SMILES string of the molecule is C=CC(OC(=O)C(CC)CC)C(C=C)(C=C)OC(=O)C(CC)CC. The van der Waals surface area contributed by atoms with E-state index in [4.69, 9.17) is 9.47 Å². The van der Waals surface area contributed by atoms with Gasteiger partial charge in [0, 0.05) is 0 Å². The highest BCUT2D eigenvalue weighted by Gasteiger charge is 2.40. The summed E-state index contributed by atoms with van der Waals surface area (Å²) in [6.45, 7) is 18.9. The summed E-state index contributed by atoms with van der Waals surface area (Å²) >= 11 is 0. The van der Waals surface area contributed by atoms with Crippen molar-refractivity contribution >= 4 is 11.9 Å². The molecule has 0 saturated carbocycles. The normalized spacial score (nSPS) is 12.6. The minimum Gasteiger partial charge on any atom is -0.453 e. The molecule has 1 atom stereocenters. The highest BCUT2D eigenvalue weighted by molar-refractivity contribution is 5.74. The Morgan fingerprint density at radius 2 is 1.29 bits per heavy atom. The average molecular weight is 336 g/mol. The molecule has 0 heterocycles. The first-order chi connectivity index (χ1) is 11.4. The molecule has 0 bridgehead atoms. The molecule has 0 N–H and O–H groups in total. The number of hydrogen-bond donors (Lipinski definition) is 0. The maximum absolute atomic E-state index is 12.4. The smallest absolute Gasteiger partial charge is 0.310 e. The van der Waals surface area contributed by atoms with Crippen LogP contribution in [0.15, 0.2) is 38.0 Å². The summed E-state index contributed by atoms with van der Waals surface area (Å²) in [5.41, 5.74) is -1.32. The van der Waals surface area contributed by atoms with Gasteiger partial charge in [0.1, 0.15) is 0 Å². The second-order valence-corrected chi connectivity index (χ2v) is 5.80. The molecule has 0 fully saturated rings. The van der Waals surface area contributed by atoms with Crippen LogP contribution in [-0.2, 0) is 19.1 Å². The van der Waals surface area contributed by atoms with Crippen molar-refractivity contribution < 1.29 is 19.1 Å². The van der Waals surface area contributed by atoms with Crippen LogP contribution in [-0.4, -0.2) is 23.6 Å². The molecule has 0 aliphatic carbocycles. The van der Waals surface area contributed by atoms with Gasteiger partial charge >= 0.3 is 11.9 Å². The second-order valence-electron chi connectivity index (χ2n) is 5.80. The van der Waals surface area contributed by atoms with Crippen LogP contribution in [0.5, 0.6) is 0 Å². The Hall–Kier alpha value is -1.84. The lowest BCUT2D eigenvalue weighted by Gasteiger charge is -2.34. The summed E-state index contributed by atoms with van der Waals surface area (Å²) in [6, 6.07) is 0. The number of carbonyl (C=O) groups is 2. The Morgan fingerprint density at radius 3 is 1.62 bits per heavy atom. The topological polar surface area (TPSA) is 52.6 Å². The number of hydrogen-bond acceptors (Lipinski definition) is 4. The number of ether oxygens (including phenoxy) is 2. The van der Waals surface area contributed by atoms with E-state index in [9.17, 15) is 9.59 Å². The van der Waals surface area contributed by atoms with Crippen molar-refractivity contribution in [3.05, 3.63) is 38.0 Å². The zero-order valence-electron chi connectivity index (χ0n) is 15.5. The van der Waals surface area contributed by atoms with E-state index in [1.54, 1.807) is 0 Å². The molecule has 24 heavy (non-hydrogen) atoms. The monoisotopic (exact) mass is 336 g/mol. The summed E-state index contributed by atoms with van der Waals surface area (Å²) in [6.07, 6.45) is 6.17. The van der Waals surface area contributed by atoms with Crippen LogP contribution in [0.4, 0.5) is 0 Å². The van der Waals surface area contributed by atoms with E-state index in [2.05, 4.69) is 19.7 Å². The van der Waals surface area contributed by atoms with E-state index < -0.39 is 11.7 Å². The van der Waals surface area contributed by atoms with E-state index in [1.807, 2.05) is 27.7 Å². The van der Waals surface area contributed by atoms with E-state index in [-0.39, 0.29) is 23.8 Å². The molecular formula is C20H32O4. The van der Waals surface area contributed by atoms with Gasteiger partial charge in [0.25, 0.3) is 0 Å². The number of rotatable bonds is 12. The van der Waals surface area contributed by atoms with Gasteiger partial charge in [-0.15, -0.1) is 0 Å².